The lowest BCUT2D eigenvalue weighted by Gasteiger charge is -2.31. The Bertz CT molecular complexity index is 487. The number of amides is 2. The van der Waals surface area contributed by atoms with Crippen molar-refractivity contribution in [3.8, 4) is 0 Å². The lowest BCUT2D eigenvalue weighted by Crippen LogP contribution is -2.46. The van der Waals surface area contributed by atoms with Crippen molar-refractivity contribution in [1.29, 1.82) is 0 Å². The zero-order chi connectivity index (χ0) is 16.7. The highest BCUT2D eigenvalue weighted by atomic mass is 19.1. The van der Waals surface area contributed by atoms with E-state index in [9.17, 15) is 9.18 Å². The third kappa shape index (κ3) is 5.80. The minimum atomic E-state index is -0.228. The molecule has 1 aromatic carbocycles. The van der Waals surface area contributed by atoms with Crippen LogP contribution in [0.3, 0.4) is 0 Å². The average molecular weight is 323 g/mol. The fourth-order valence-electron chi connectivity index (χ4n) is 2.76. The molecule has 1 aliphatic heterocycles. The van der Waals surface area contributed by atoms with Gasteiger partial charge in [0.2, 0.25) is 0 Å². The molecule has 1 heterocycles. The number of halogens is 1. The number of urea groups is 1. The average Bonchev–Trinajstić information content (AvgIpc) is 2.57. The van der Waals surface area contributed by atoms with Crippen molar-refractivity contribution in [1.82, 2.24) is 15.1 Å². The lowest BCUT2D eigenvalue weighted by molar-refractivity contribution is 0.137. The second-order valence-electron chi connectivity index (χ2n) is 6.21. The Kier molecular flexibility index (Phi) is 6.80. The van der Waals surface area contributed by atoms with Gasteiger partial charge in [0.1, 0.15) is 5.82 Å². The summed E-state index contributed by atoms with van der Waals surface area (Å²) in [5.41, 5.74) is 1.05. The van der Waals surface area contributed by atoms with Crippen LogP contribution >= 0.6 is 0 Å². The van der Waals surface area contributed by atoms with Crippen LogP contribution in [-0.4, -0.2) is 60.8 Å². The van der Waals surface area contributed by atoms with Crippen LogP contribution in [0.2, 0.25) is 0 Å². The van der Waals surface area contributed by atoms with Gasteiger partial charge in [0.15, 0.2) is 0 Å². The molecule has 0 aliphatic carbocycles. The Morgan fingerprint density at radius 3 is 2.61 bits per heavy atom. The summed E-state index contributed by atoms with van der Waals surface area (Å²) in [6, 6.07) is 6.43. The van der Waals surface area contributed by atoms with Gasteiger partial charge in [-0.05, 0) is 43.5 Å². The number of benzene rings is 1. The Hall–Kier alpha value is -1.66. The summed E-state index contributed by atoms with van der Waals surface area (Å²) in [4.78, 5) is 16.0. The molecule has 2 rings (SSSR count). The summed E-state index contributed by atoms with van der Waals surface area (Å²) < 4.78 is 12.9. The Morgan fingerprint density at radius 2 is 2.00 bits per heavy atom. The van der Waals surface area contributed by atoms with E-state index in [1.165, 1.54) is 12.1 Å². The quantitative estimate of drug-likeness (QED) is 0.837. The van der Waals surface area contributed by atoms with Gasteiger partial charge >= 0.3 is 6.03 Å². The molecule has 1 fully saturated rings. The van der Waals surface area contributed by atoms with Crippen molar-refractivity contribution in [2.24, 2.45) is 5.92 Å². The van der Waals surface area contributed by atoms with Gasteiger partial charge in [-0.15, -0.1) is 0 Å². The minimum absolute atomic E-state index is 0.0310. The largest absolute Gasteiger partial charge is 0.396 e. The van der Waals surface area contributed by atoms with Crippen LogP contribution in [0.1, 0.15) is 18.4 Å². The van der Waals surface area contributed by atoms with Crippen LogP contribution in [0.4, 0.5) is 9.18 Å². The SMILES string of the molecule is CN(CCNC(=O)N1CCC(CO)CC1)Cc1ccc(F)cc1. The maximum atomic E-state index is 12.9. The maximum absolute atomic E-state index is 12.9. The Morgan fingerprint density at radius 1 is 1.35 bits per heavy atom. The molecule has 2 N–H and O–H groups in total. The van der Waals surface area contributed by atoms with Crippen molar-refractivity contribution in [2.45, 2.75) is 19.4 Å². The zero-order valence-electron chi connectivity index (χ0n) is 13.7. The van der Waals surface area contributed by atoms with E-state index in [0.29, 0.717) is 25.6 Å². The highest BCUT2D eigenvalue weighted by molar-refractivity contribution is 5.74. The van der Waals surface area contributed by atoms with Crippen molar-refractivity contribution in [2.75, 3.05) is 39.8 Å². The molecular formula is C17H26FN3O2. The number of likely N-dealkylation sites (tertiary alicyclic amines) is 1. The first-order valence-electron chi connectivity index (χ1n) is 8.15. The van der Waals surface area contributed by atoms with Gasteiger partial charge in [-0.1, -0.05) is 12.1 Å². The van der Waals surface area contributed by atoms with E-state index in [1.807, 2.05) is 11.9 Å². The molecule has 1 saturated heterocycles. The van der Waals surface area contributed by atoms with Crippen LogP contribution in [0.5, 0.6) is 0 Å². The number of aliphatic hydroxyl groups excluding tert-OH is 1. The van der Waals surface area contributed by atoms with E-state index in [-0.39, 0.29) is 18.5 Å². The number of likely N-dealkylation sites (N-methyl/N-ethyl adjacent to an activating group) is 1. The molecule has 2 amide bonds. The number of rotatable bonds is 6. The molecule has 128 valence electrons. The molecule has 23 heavy (non-hydrogen) atoms. The van der Waals surface area contributed by atoms with Crippen molar-refractivity contribution in [3.05, 3.63) is 35.6 Å². The fourth-order valence-corrected chi connectivity index (χ4v) is 2.76. The lowest BCUT2D eigenvalue weighted by atomic mass is 9.98. The van der Waals surface area contributed by atoms with Crippen molar-refractivity contribution in [3.63, 3.8) is 0 Å². The van der Waals surface area contributed by atoms with E-state index < -0.39 is 0 Å². The minimum Gasteiger partial charge on any atom is -0.396 e. The number of hydrogen-bond donors (Lipinski definition) is 2. The number of aliphatic hydroxyl groups is 1. The third-order valence-electron chi connectivity index (χ3n) is 4.30. The molecule has 0 saturated carbocycles. The monoisotopic (exact) mass is 323 g/mol. The van der Waals surface area contributed by atoms with E-state index in [4.69, 9.17) is 5.11 Å². The number of nitrogens with zero attached hydrogens (tertiary/aromatic N) is 2. The standard InChI is InChI=1S/C17H26FN3O2/c1-20(12-14-2-4-16(18)5-3-14)11-8-19-17(23)21-9-6-15(13-22)7-10-21/h2-5,15,22H,6-13H2,1H3,(H,19,23). The van der Waals surface area contributed by atoms with Crippen molar-refractivity contribution >= 4 is 6.03 Å². The van der Waals surface area contributed by atoms with Gasteiger partial charge < -0.3 is 20.2 Å². The second kappa shape index (κ2) is 8.84. The predicted molar refractivity (Wildman–Crippen MR) is 87.5 cm³/mol. The summed E-state index contributed by atoms with van der Waals surface area (Å²) in [5, 5.41) is 12.0. The van der Waals surface area contributed by atoms with E-state index in [0.717, 1.165) is 31.5 Å². The number of carbonyl (C=O) groups is 1. The summed E-state index contributed by atoms with van der Waals surface area (Å²) in [5.74, 6) is 0.106. The van der Waals surface area contributed by atoms with E-state index in [2.05, 4.69) is 10.2 Å². The van der Waals surface area contributed by atoms with Crippen LogP contribution < -0.4 is 5.32 Å². The first-order chi connectivity index (χ1) is 11.1. The number of nitrogens with one attached hydrogen (secondary N) is 1. The molecule has 5 nitrogen and oxygen atoms in total. The second-order valence-corrected chi connectivity index (χ2v) is 6.21. The number of carbonyl (C=O) groups excluding carboxylic acids is 1. The predicted octanol–water partition coefficient (Wildman–Crippen LogP) is 1.67. The van der Waals surface area contributed by atoms with Gasteiger partial charge in [-0.2, -0.15) is 0 Å². The fraction of sp³-hybridized carbons (Fsp3) is 0.588. The molecule has 0 radical (unpaired) electrons. The molecule has 0 unspecified atom stereocenters. The van der Waals surface area contributed by atoms with E-state index >= 15 is 0 Å². The molecule has 0 aromatic heterocycles. The Labute approximate surface area is 137 Å². The summed E-state index contributed by atoms with van der Waals surface area (Å²) >= 11 is 0. The molecule has 6 heteroatoms. The number of piperidine rings is 1. The van der Waals surface area contributed by atoms with Crippen LogP contribution in [0.15, 0.2) is 24.3 Å². The highest BCUT2D eigenvalue weighted by Crippen LogP contribution is 2.16. The Balaban J connectivity index is 1.64. The first kappa shape index (κ1) is 17.7. The summed E-state index contributed by atoms with van der Waals surface area (Å²) in [6.07, 6.45) is 1.74. The van der Waals surface area contributed by atoms with Crippen LogP contribution in [-0.2, 0) is 6.54 Å². The normalized spacial score (nSPS) is 15.9. The first-order valence-corrected chi connectivity index (χ1v) is 8.15. The smallest absolute Gasteiger partial charge is 0.317 e. The van der Waals surface area contributed by atoms with Gasteiger partial charge in [0, 0.05) is 39.3 Å². The molecule has 1 aromatic rings. The van der Waals surface area contributed by atoms with Crippen LogP contribution in [0.25, 0.3) is 0 Å². The maximum Gasteiger partial charge on any atom is 0.317 e. The topological polar surface area (TPSA) is 55.8 Å². The van der Waals surface area contributed by atoms with Gasteiger partial charge in [0.05, 0.1) is 0 Å². The van der Waals surface area contributed by atoms with Gasteiger partial charge in [-0.3, -0.25) is 0 Å². The van der Waals surface area contributed by atoms with Crippen LogP contribution in [0, 0.1) is 11.7 Å². The van der Waals surface area contributed by atoms with E-state index in [1.54, 1.807) is 12.1 Å². The summed E-state index contributed by atoms with van der Waals surface area (Å²) in [7, 11) is 1.97. The third-order valence-corrected chi connectivity index (χ3v) is 4.30. The molecule has 0 bridgehead atoms. The summed E-state index contributed by atoms with van der Waals surface area (Å²) in [6.45, 7) is 3.67. The molecule has 0 atom stereocenters. The van der Waals surface area contributed by atoms with Gasteiger partial charge in [-0.25, -0.2) is 9.18 Å². The van der Waals surface area contributed by atoms with Gasteiger partial charge in [0.25, 0.3) is 0 Å². The highest BCUT2D eigenvalue weighted by Gasteiger charge is 2.21. The molecule has 0 spiro atoms. The number of hydrogen-bond acceptors (Lipinski definition) is 3. The zero-order valence-corrected chi connectivity index (χ0v) is 13.7. The van der Waals surface area contributed by atoms with Crippen molar-refractivity contribution < 1.29 is 14.3 Å². The molecule has 1 aliphatic rings. The molecular weight excluding hydrogens is 297 g/mol.